The number of H-pyrrole nitrogens is 1. The zero-order valence-corrected chi connectivity index (χ0v) is 13.6. The molecule has 124 valence electrons. The van der Waals surface area contributed by atoms with Gasteiger partial charge < -0.3 is 0 Å². The molecular weight excluding hydrogens is 305 g/mol. The molecule has 0 unspecified atom stereocenters. The molecule has 0 spiro atoms. The van der Waals surface area contributed by atoms with Gasteiger partial charge in [-0.2, -0.15) is 5.21 Å². The maximum atomic E-state index is 13.7. The third-order valence-corrected chi connectivity index (χ3v) is 5.43. The maximum Gasteiger partial charge on any atom is 0.177 e. The predicted molar refractivity (Wildman–Crippen MR) is 89.0 cm³/mol. The molecule has 1 fully saturated rings. The lowest BCUT2D eigenvalue weighted by atomic mass is 9.73. The van der Waals surface area contributed by atoms with Crippen molar-refractivity contribution in [3.63, 3.8) is 0 Å². The molecule has 2 aromatic heterocycles. The standard InChI is InChI=1S/C18H20FN5/c1-11(18-21-23-24-22-18)12-2-4-13(5-3-12)15-8-9-20-17-7-6-14(19)10-16(15)17/h6-13H,2-5H2,1H3,(H,21,22,23,24)/t11-,12?,13?/m0/s1. The number of benzene rings is 1. The lowest BCUT2D eigenvalue weighted by Gasteiger charge is -2.31. The van der Waals surface area contributed by atoms with Crippen molar-refractivity contribution >= 4 is 10.9 Å². The molecule has 1 atom stereocenters. The van der Waals surface area contributed by atoms with E-state index in [1.54, 1.807) is 12.1 Å². The molecule has 4 rings (SSSR count). The highest BCUT2D eigenvalue weighted by atomic mass is 19.1. The fourth-order valence-corrected chi connectivity index (χ4v) is 4.00. The van der Waals surface area contributed by atoms with Gasteiger partial charge in [-0.3, -0.25) is 4.98 Å². The number of aromatic nitrogens is 5. The van der Waals surface area contributed by atoms with Crippen LogP contribution in [0.5, 0.6) is 0 Å². The van der Waals surface area contributed by atoms with Crippen LogP contribution >= 0.6 is 0 Å². The van der Waals surface area contributed by atoms with Crippen LogP contribution in [0.2, 0.25) is 0 Å². The van der Waals surface area contributed by atoms with Crippen molar-refractivity contribution in [3.05, 3.63) is 47.7 Å². The van der Waals surface area contributed by atoms with Gasteiger partial charge in [-0.25, -0.2) is 4.39 Å². The van der Waals surface area contributed by atoms with Crippen LogP contribution in [0.25, 0.3) is 10.9 Å². The summed E-state index contributed by atoms with van der Waals surface area (Å²) in [6.45, 7) is 2.17. The fraction of sp³-hybridized carbons (Fsp3) is 0.444. The summed E-state index contributed by atoms with van der Waals surface area (Å²) >= 11 is 0. The van der Waals surface area contributed by atoms with Gasteiger partial charge in [0.25, 0.3) is 0 Å². The van der Waals surface area contributed by atoms with Gasteiger partial charge in [0.1, 0.15) is 5.82 Å². The van der Waals surface area contributed by atoms with Crippen LogP contribution in [-0.2, 0) is 0 Å². The van der Waals surface area contributed by atoms with E-state index >= 15 is 0 Å². The Labute approximate surface area is 139 Å². The second kappa shape index (κ2) is 6.26. The summed E-state index contributed by atoms with van der Waals surface area (Å²) in [5.74, 6) is 1.96. The molecule has 1 saturated carbocycles. The highest BCUT2D eigenvalue weighted by Crippen LogP contribution is 2.42. The van der Waals surface area contributed by atoms with Crippen LogP contribution < -0.4 is 0 Å². The summed E-state index contributed by atoms with van der Waals surface area (Å²) in [5.41, 5.74) is 2.10. The third-order valence-electron chi connectivity index (χ3n) is 5.43. The number of hydrogen-bond donors (Lipinski definition) is 1. The third kappa shape index (κ3) is 2.77. The van der Waals surface area contributed by atoms with E-state index in [2.05, 4.69) is 38.6 Å². The van der Waals surface area contributed by atoms with Crippen LogP contribution in [0.4, 0.5) is 4.39 Å². The molecule has 24 heavy (non-hydrogen) atoms. The van der Waals surface area contributed by atoms with Gasteiger partial charge in [-0.05, 0) is 67.3 Å². The average molecular weight is 325 g/mol. The molecule has 0 amide bonds. The van der Waals surface area contributed by atoms with Crippen LogP contribution in [-0.4, -0.2) is 25.6 Å². The van der Waals surface area contributed by atoms with Crippen LogP contribution in [0.15, 0.2) is 30.5 Å². The lowest BCUT2D eigenvalue weighted by Crippen LogP contribution is -2.19. The zero-order valence-electron chi connectivity index (χ0n) is 13.6. The van der Waals surface area contributed by atoms with Gasteiger partial charge in [-0.15, -0.1) is 10.2 Å². The molecule has 5 nitrogen and oxygen atoms in total. The molecule has 1 N–H and O–H groups in total. The van der Waals surface area contributed by atoms with E-state index in [9.17, 15) is 4.39 Å². The van der Waals surface area contributed by atoms with Crippen LogP contribution in [0.1, 0.15) is 55.8 Å². The minimum atomic E-state index is -0.198. The minimum absolute atomic E-state index is 0.198. The number of tetrazole rings is 1. The topological polar surface area (TPSA) is 67.3 Å². The highest BCUT2D eigenvalue weighted by molar-refractivity contribution is 5.82. The van der Waals surface area contributed by atoms with E-state index in [1.165, 1.54) is 11.6 Å². The van der Waals surface area contributed by atoms with Crippen molar-refractivity contribution in [2.75, 3.05) is 0 Å². The smallest absolute Gasteiger partial charge is 0.177 e. The Hall–Kier alpha value is -2.37. The first-order valence-electron chi connectivity index (χ1n) is 8.50. The number of nitrogens with one attached hydrogen (secondary N) is 1. The number of pyridine rings is 1. The van der Waals surface area contributed by atoms with E-state index in [1.807, 2.05) is 6.20 Å². The molecule has 6 heteroatoms. The van der Waals surface area contributed by atoms with Gasteiger partial charge in [0.05, 0.1) is 5.52 Å². The second-order valence-electron chi connectivity index (χ2n) is 6.73. The van der Waals surface area contributed by atoms with Gasteiger partial charge in [0.2, 0.25) is 0 Å². The number of rotatable bonds is 3. The Balaban J connectivity index is 1.53. The van der Waals surface area contributed by atoms with E-state index < -0.39 is 0 Å². The van der Waals surface area contributed by atoms with Crippen molar-refractivity contribution < 1.29 is 4.39 Å². The first-order chi connectivity index (χ1) is 11.7. The first kappa shape index (κ1) is 15.2. The quantitative estimate of drug-likeness (QED) is 0.791. The Bertz CT molecular complexity index is 825. The summed E-state index contributed by atoms with van der Waals surface area (Å²) in [7, 11) is 0. The second-order valence-corrected chi connectivity index (χ2v) is 6.73. The van der Waals surface area contributed by atoms with Crippen molar-refractivity contribution in [2.24, 2.45) is 5.92 Å². The monoisotopic (exact) mass is 325 g/mol. The molecule has 0 aliphatic heterocycles. The van der Waals surface area contributed by atoms with Crippen LogP contribution in [0.3, 0.4) is 0 Å². The lowest BCUT2D eigenvalue weighted by molar-refractivity contribution is 0.285. The summed E-state index contributed by atoms with van der Waals surface area (Å²) in [5, 5.41) is 15.4. The summed E-state index contributed by atoms with van der Waals surface area (Å²) in [6, 6.07) is 6.90. The Morgan fingerprint density at radius 1 is 1.17 bits per heavy atom. The molecule has 0 bridgehead atoms. The summed E-state index contributed by atoms with van der Waals surface area (Å²) < 4.78 is 13.7. The van der Waals surface area contributed by atoms with Crippen LogP contribution in [0, 0.1) is 11.7 Å². The Kier molecular flexibility index (Phi) is 3.96. The molecule has 0 radical (unpaired) electrons. The number of nitrogens with zero attached hydrogens (tertiary/aromatic N) is 4. The normalized spacial score (nSPS) is 22.6. The molecule has 1 aliphatic rings. The SMILES string of the molecule is C[C@H](c1nn[nH]n1)C1CCC(c2ccnc3ccc(F)cc23)CC1. The molecule has 0 saturated heterocycles. The van der Waals surface area contributed by atoms with Gasteiger partial charge >= 0.3 is 0 Å². The summed E-state index contributed by atoms with van der Waals surface area (Å²) in [6.07, 6.45) is 6.29. The molecular formula is C18H20FN5. The zero-order chi connectivity index (χ0) is 16.5. The van der Waals surface area contributed by atoms with Gasteiger partial charge in [0.15, 0.2) is 5.82 Å². The Morgan fingerprint density at radius 2 is 2.00 bits per heavy atom. The van der Waals surface area contributed by atoms with Crippen molar-refractivity contribution in [3.8, 4) is 0 Å². The van der Waals surface area contributed by atoms with E-state index in [0.717, 1.165) is 42.4 Å². The van der Waals surface area contributed by atoms with Gasteiger partial charge in [-0.1, -0.05) is 12.1 Å². The number of hydrogen-bond acceptors (Lipinski definition) is 4. The Morgan fingerprint density at radius 3 is 2.75 bits per heavy atom. The summed E-state index contributed by atoms with van der Waals surface area (Å²) in [4.78, 5) is 4.36. The largest absolute Gasteiger partial charge is 0.256 e. The fourth-order valence-electron chi connectivity index (χ4n) is 4.00. The number of aromatic amines is 1. The van der Waals surface area contributed by atoms with E-state index in [4.69, 9.17) is 0 Å². The molecule has 1 aromatic carbocycles. The van der Waals surface area contributed by atoms with Crippen molar-refractivity contribution in [1.29, 1.82) is 0 Å². The van der Waals surface area contributed by atoms with Crippen molar-refractivity contribution in [1.82, 2.24) is 25.6 Å². The number of halogens is 1. The van der Waals surface area contributed by atoms with Gasteiger partial charge in [0, 0.05) is 17.5 Å². The first-order valence-corrected chi connectivity index (χ1v) is 8.50. The molecule has 1 aliphatic carbocycles. The maximum absolute atomic E-state index is 13.7. The molecule has 3 aromatic rings. The van der Waals surface area contributed by atoms with E-state index in [0.29, 0.717) is 17.8 Å². The molecule has 2 heterocycles. The number of fused-ring (bicyclic) bond motifs is 1. The van der Waals surface area contributed by atoms with Crippen molar-refractivity contribution in [2.45, 2.75) is 44.4 Å². The van der Waals surface area contributed by atoms with E-state index in [-0.39, 0.29) is 5.82 Å². The predicted octanol–water partition coefficient (Wildman–Crippen LogP) is 3.96. The highest BCUT2D eigenvalue weighted by Gasteiger charge is 2.29. The minimum Gasteiger partial charge on any atom is -0.256 e. The average Bonchev–Trinajstić information content (AvgIpc) is 3.15.